The smallest absolute Gasteiger partial charge is 0.262 e. The van der Waals surface area contributed by atoms with Gasteiger partial charge in [0.1, 0.15) is 17.2 Å². The molecule has 3 aromatic rings. The Labute approximate surface area is 181 Å². The third-order valence-corrected chi connectivity index (χ3v) is 4.83. The van der Waals surface area contributed by atoms with Gasteiger partial charge in [-0.05, 0) is 80.4 Å². The Hall–Kier alpha value is -3.80. The van der Waals surface area contributed by atoms with Crippen LogP contribution in [0.25, 0.3) is 0 Å². The minimum absolute atomic E-state index is 0.0560. The lowest BCUT2D eigenvalue weighted by atomic mass is 10.2. The van der Waals surface area contributed by atoms with Gasteiger partial charge in [-0.15, -0.1) is 0 Å². The highest BCUT2D eigenvalue weighted by Crippen LogP contribution is 2.30. The molecule has 2 N–H and O–H groups in total. The lowest BCUT2D eigenvalue weighted by Gasteiger charge is -2.10. The van der Waals surface area contributed by atoms with E-state index in [0.29, 0.717) is 17.2 Å². The average Bonchev–Trinajstić information content (AvgIpc) is 3.62. The van der Waals surface area contributed by atoms with Crippen molar-refractivity contribution in [3.05, 3.63) is 78.4 Å². The molecule has 1 aliphatic rings. The molecule has 0 unspecified atom stereocenters. The van der Waals surface area contributed by atoms with E-state index in [2.05, 4.69) is 10.6 Å². The number of nitrogens with one attached hydrogen (secondary N) is 2. The highest BCUT2D eigenvalue weighted by molar-refractivity contribution is 5.95. The molecule has 2 amide bonds. The van der Waals surface area contributed by atoms with Crippen molar-refractivity contribution in [1.29, 1.82) is 0 Å². The summed E-state index contributed by atoms with van der Waals surface area (Å²) in [6.45, 7) is 1.91. The number of amides is 2. The van der Waals surface area contributed by atoms with Crippen LogP contribution in [0.1, 0.15) is 18.4 Å². The summed E-state index contributed by atoms with van der Waals surface area (Å²) in [6, 6.07) is 21.9. The van der Waals surface area contributed by atoms with Gasteiger partial charge in [0, 0.05) is 17.3 Å². The molecule has 0 aromatic heterocycles. The first-order valence-corrected chi connectivity index (χ1v) is 10.2. The summed E-state index contributed by atoms with van der Waals surface area (Å²) in [6.07, 6.45) is 1.92. The monoisotopic (exact) mass is 416 g/mol. The lowest BCUT2D eigenvalue weighted by Crippen LogP contribution is -2.20. The summed E-state index contributed by atoms with van der Waals surface area (Å²) < 4.78 is 11.3. The highest BCUT2D eigenvalue weighted by atomic mass is 16.5. The molecule has 3 aromatic carbocycles. The molecule has 4 rings (SSSR count). The van der Waals surface area contributed by atoms with Crippen LogP contribution in [0.3, 0.4) is 0 Å². The molecular formula is C25H24N2O4. The van der Waals surface area contributed by atoms with Crippen molar-refractivity contribution < 1.29 is 19.1 Å². The normalized spacial score (nSPS) is 12.7. The van der Waals surface area contributed by atoms with Gasteiger partial charge < -0.3 is 20.1 Å². The molecule has 0 bridgehead atoms. The van der Waals surface area contributed by atoms with E-state index in [0.717, 1.165) is 24.3 Å². The minimum atomic E-state index is -0.269. The molecule has 0 heterocycles. The number of benzene rings is 3. The van der Waals surface area contributed by atoms with E-state index in [1.54, 1.807) is 48.5 Å². The van der Waals surface area contributed by atoms with Crippen LogP contribution in [0, 0.1) is 12.8 Å². The second-order valence-electron chi connectivity index (χ2n) is 7.56. The average molecular weight is 416 g/mol. The molecule has 0 spiro atoms. The first-order chi connectivity index (χ1) is 15.0. The predicted molar refractivity (Wildman–Crippen MR) is 120 cm³/mol. The van der Waals surface area contributed by atoms with E-state index in [4.69, 9.17) is 9.47 Å². The fourth-order valence-electron chi connectivity index (χ4n) is 2.92. The second-order valence-corrected chi connectivity index (χ2v) is 7.56. The fraction of sp³-hybridized carbons (Fsp3) is 0.200. The number of carbonyl (C=O) groups is 2. The van der Waals surface area contributed by atoms with Crippen molar-refractivity contribution >= 4 is 23.2 Å². The third kappa shape index (κ3) is 6.09. The zero-order valence-electron chi connectivity index (χ0n) is 17.3. The fourth-order valence-corrected chi connectivity index (χ4v) is 2.92. The van der Waals surface area contributed by atoms with Crippen LogP contribution in [0.2, 0.25) is 0 Å². The number of ether oxygens (including phenoxy) is 2. The molecule has 0 saturated heterocycles. The largest absolute Gasteiger partial charge is 0.484 e. The summed E-state index contributed by atoms with van der Waals surface area (Å²) in [7, 11) is 0. The molecule has 6 nitrogen and oxygen atoms in total. The van der Waals surface area contributed by atoms with Crippen molar-refractivity contribution in [2.75, 3.05) is 17.2 Å². The summed E-state index contributed by atoms with van der Waals surface area (Å²) >= 11 is 0. The molecule has 6 heteroatoms. The quantitative estimate of drug-likeness (QED) is 0.532. The molecule has 1 fully saturated rings. The molecule has 1 saturated carbocycles. The Bertz CT molecular complexity index is 1040. The summed E-state index contributed by atoms with van der Waals surface area (Å²) in [5.41, 5.74) is 2.53. The number of carbonyl (C=O) groups excluding carboxylic acids is 2. The van der Waals surface area contributed by atoms with Gasteiger partial charge in [0.05, 0.1) is 0 Å². The predicted octanol–water partition coefficient (Wildman–Crippen LogP) is 5.15. The Kier molecular flexibility index (Phi) is 6.17. The van der Waals surface area contributed by atoms with Crippen LogP contribution in [0.15, 0.2) is 72.8 Å². The van der Waals surface area contributed by atoms with Crippen LogP contribution in [-0.2, 0) is 9.59 Å². The van der Waals surface area contributed by atoms with Gasteiger partial charge in [0.15, 0.2) is 6.61 Å². The topological polar surface area (TPSA) is 76.7 Å². The van der Waals surface area contributed by atoms with Gasteiger partial charge in [0.2, 0.25) is 5.91 Å². The van der Waals surface area contributed by atoms with E-state index < -0.39 is 0 Å². The van der Waals surface area contributed by atoms with Gasteiger partial charge in [-0.25, -0.2) is 0 Å². The number of anilines is 2. The number of aryl methyl sites for hydroxylation is 1. The molecule has 0 atom stereocenters. The zero-order chi connectivity index (χ0) is 21.6. The van der Waals surface area contributed by atoms with Crippen molar-refractivity contribution in [2.45, 2.75) is 19.8 Å². The van der Waals surface area contributed by atoms with E-state index >= 15 is 0 Å². The van der Waals surface area contributed by atoms with Gasteiger partial charge in [-0.3, -0.25) is 9.59 Å². The number of hydrogen-bond acceptors (Lipinski definition) is 4. The SMILES string of the molecule is Cc1ccc(Oc2ccc(OCC(=O)Nc3ccc(NC(=O)C4CC4)cc3)cc2)cc1. The van der Waals surface area contributed by atoms with Crippen LogP contribution in [0.5, 0.6) is 17.2 Å². The van der Waals surface area contributed by atoms with E-state index in [1.807, 2.05) is 31.2 Å². The van der Waals surface area contributed by atoms with Crippen LogP contribution >= 0.6 is 0 Å². The number of hydrogen-bond donors (Lipinski definition) is 2. The molecule has 158 valence electrons. The molecule has 31 heavy (non-hydrogen) atoms. The zero-order valence-corrected chi connectivity index (χ0v) is 17.3. The van der Waals surface area contributed by atoms with E-state index in [-0.39, 0.29) is 24.3 Å². The van der Waals surface area contributed by atoms with Crippen molar-refractivity contribution in [1.82, 2.24) is 0 Å². The number of rotatable bonds is 8. The molecule has 1 aliphatic carbocycles. The van der Waals surface area contributed by atoms with Crippen LogP contribution in [-0.4, -0.2) is 18.4 Å². The Morgan fingerprint density at radius 2 is 1.29 bits per heavy atom. The minimum Gasteiger partial charge on any atom is -0.484 e. The standard InChI is InChI=1S/C25H24N2O4/c1-17-2-10-22(11-3-17)31-23-14-12-21(13-15-23)30-16-24(28)26-19-6-8-20(9-7-19)27-25(29)18-4-5-18/h2-3,6-15,18H,4-5,16H2,1H3,(H,26,28)(H,27,29). The maximum atomic E-state index is 12.2. The maximum absolute atomic E-state index is 12.2. The third-order valence-electron chi connectivity index (χ3n) is 4.83. The van der Waals surface area contributed by atoms with Crippen LogP contribution < -0.4 is 20.1 Å². The van der Waals surface area contributed by atoms with Gasteiger partial charge >= 0.3 is 0 Å². The summed E-state index contributed by atoms with van der Waals surface area (Å²) in [4.78, 5) is 23.9. The Morgan fingerprint density at radius 1 is 0.774 bits per heavy atom. The van der Waals surface area contributed by atoms with Crippen LogP contribution in [0.4, 0.5) is 11.4 Å². The van der Waals surface area contributed by atoms with Crippen molar-refractivity contribution in [2.24, 2.45) is 5.92 Å². The Balaban J connectivity index is 1.22. The maximum Gasteiger partial charge on any atom is 0.262 e. The molecule has 0 aliphatic heterocycles. The van der Waals surface area contributed by atoms with Gasteiger partial charge in [0.25, 0.3) is 5.91 Å². The van der Waals surface area contributed by atoms with E-state index in [1.165, 1.54) is 5.56 Å². The highest BCUT2D eigenvalue weighted by Gasteiger charge is 2.29. The Morgan fingerprint density at radius 3 is 1.87 bits per heavy atom. The van der Waals surface area contributed by atoms with Gasteiger partial charge in [-0.1, -0.05) is 17.7 Å². The van der Waals surface area contributed by atoms with Crippen molar-refractivity contribution in [3.8, 4) is 17.2 Å². The van der Waals surface area contributed by atoms with E-state index in [9.17, 15) is 9.59 Å². The summed E-state index contributed by atoms with van der Waals surface area (Å²) in [5.74, 6) is 1.96. The van der Waals surface area contributed by atoms with Gasteiger partial charge in [-0.2, -0.15) is 0 Å². The first kappa shape index (κ1) is 20.5. The van der Waals surface area contributed by atoms with Crippen molar-refractivity contribution in [3.63, 3.8) is 0 Å². The lowest BCUT2D eigenvalue weighted by molar-refractivity contribution is -0.118. The first-order valence-electron chi connectivity index (χ1n) is 10.2. The summed E-state index contributed by atoms with van der Waals surface area (Å²) in [5, 5.41) is 5.64. The molecule has 0 radical (unpaired) electrons. The second kappa shape index (κ2) is 9.34. The molecular weight excluding hydrogens is 392 g/mol.